The summed E-state index contributed by atoms with van der Waals surface area (Å²) in [6.45, 7) is 3.57. The molecule has 3 nitrogen and oxygen atoms in total. The molecule has 0 radical (unpaired) electrons. The predicted octanol–water partition coefficient (Wildman–Crippen LogP) is 3.10. The molecule has 1 amide bonds. The fourth-order valence-electron chi connectivity index (χ4n) is 2.67. The molecule has 0 saturated carbocycles. The van der Waals surface area contributed by atoms with Gasteiger partial charge >= 0.3 is 0 Å². The van der Waals surface area contributed by atoms with E-state index in [0.29, 0.717) is 11.1 Å². The SMILES string of the molecule is CC1(C)C(=O)Nc2c(F)cc(C(N)c3ccccc3)cc21. The molecule has 0 aliphatic carbocycles. The minimum Gasteiger partial charge on any atom is -0.323 e. The number of fused-ring (bicyclic) bond motifs is 1. The summed E-state index contributed by atoms with van der Waals surface area (Å²) in [4.78, 5) is 11.9. The van der Waals surface area contributed by atoms with Gasteiger partial charge in [0.1, 0.15) is 5.82 Å². The van der Waals surface area contributed by atoms with Crippen LogP contribution in [0.2, 0.25) is 0 Å². The molecule has 0 saturated heterocycles. The summed E-state index contributed by atoms with van der Waals surface area (Å²) >= 11 is 0. The molecule has 0 aromatic heterocycles. The van der Waals surface area contributed by atoms with Gasteiger partial charge in [0.2, 0.25) is 5.91 Å². The van der Waals surface area contributed by atoms with Gasteiger partial charge < -0.3 is 11.1 Å². The summed E-state index contributed by atoms with van der Waals surface area (Å²) in [5, 5.41) is 2.61. The summed E-state index contributed by atoms with van der Waals surface area (Å²) < 4.78 is 14.3. The highest BCUT2D eigenvalue weighted by atomic mass is 19.1. The van der Waals surface area contributed by atoms with E-state index in [1.807, 2.05) is 36.4 Å². The molecule has 0 bridgehead atoms. The Labute approximate surface area is 123 Å². The van der Waals surface area contributed by atoms with Crippen molar-refractivity contribution in [2.45, 2.75) is 25.3 Å². The molecular weight excluding hydrogens is 267 g/mol. The average Bonchev–Trinajstić information content (AvgIpc) is 2.71. The molecule has 1 aliphatic heterocycles. The van der Waals surface area contributed by atoms with Gasteiger partial charge in [-0.1, -0.05) is 36.4 Å². The summed E-state index contributed by atoms with van der Waals surface area (Å²) in [6.07, 6.45) is 0. The van der Waals surface area contributed by atoms with Crippen LogP contribution in [-0.2, 0) is 10.2 Å². The summed E-state index contributed by atoms with van der Waals surface area (Å²) in [6, 6.07) is 12.3. The lowest BCUT2D eigenvalue weighted by Gasteiger charge is -2.18. The molecule has 21 heavy (non-hydrogen) atoms. The summed E-state index contributed by atoms with van der Waals surface area (Å²) in [7, 11) is 0. The largest absolute Gasteiger partial charge is 0.323 e. The standard InChI is InChI=1S/C17H17FN2O/c1-17(2)12-8-11(9-13(18)15(12)20-16(17)21)14(19)10-6-4-3-5-7-10/h3-9,14H,19H2,1-2H3,(H,20,21). The maximum absolute atomic E-state index is 14.3. The number of amides is 1. The quantitative estimate of drug-likeness (QED) is 0.890. The van der Waals surface area contributed by atoms with Gasteiger partial charge in [-0.3, -0.25) is 4.79 Å². The Morgan fingerprint density at radius 1 is 1.14 bits per heavy atom. The minimum atomic E-state index is -0.747. The van der Waals surface area contributed by atoms with Crippen LogP contribution in [0.1, 0.15) is 36.6 Å². The predicted molar refractivity (Wildman–Crippen MR) is 80.5 cm³/mol. The van der Waals surface area contributed by atoms with E-state index in [1.165, 1.54) is 6.07 Å². The molecule has 3 rings (SSSR count). The van der Waals surface area contributed by atoms with Gasteiger partial charge in [-0.15, -0.1) is 0 Å². The van der Waals surface area contributed by atoms with Crippen molar-refractivity contribution in [1.29, 1.82) is 0 Å². The number of anilines is 1. The van der Waals surface area contributed by atoms with Crippen LogP contribution in [0.5, 0.6) is 0 Å². The summed E-state index contributed by atoms with van der Waals surface area (Å²) in [5.41, 5.74) is 7.99. The highest BCUT2D eigenvalue weighted by molar-refractivity contribution is 6.05. The number of carbonyl (C=O) groups excluding carboxylic acids is 1. The van der Waals surface area contributed by atoms with Crippen molar-refractivity contribution < 1.29 is 9.18 Å². The third kappa shape index (κ3) is 2.12. The highest BCUT2D eigenvalue weighted by Crippen LogP contribution is 2.40. The van der Waals surface area contributed by atoms with E-state index in [1.54, 1.807) is 13.8 Å². The molecular formula is C17H17FN2O. The minimum absolute atomic E-state index is 0.193. The lowest BCUT2D eigenvalue weighted by atomic mass is 9.84. The van der Waals surface area contributed by atoms with Gasteiger partial charge in [0.15, 0.2) is 0 Å². The molecule has 2 aromatic carbocycles. The highest BCUT2D eigenvalue weighted by Gasteiger charge is 2.40. The summed E-state index contributed by atoms with van der Waals surface area (Å²) in [5.74, 6) is -0.630. The molecule has 0 spiro atoms. The topological polar surface area (TPSA) is 55.1 Å². The monoisotopic (exact) mass is 284 g/mol. The second-order valence-corrected chi connectivity index (χ2v) is 5.89. The van der Waals surface area contributed by atoms with Gasteiger partial charge in [-0.2, -0.15) is 0 Å². The molecule has 2 aromatic rings. The van der Waals surface area contributed by atoms with Crippen molar-refractivity contribution >= 4 is 11.6 Å². The molecule has 108 valence electrons. The Bertz CT molecular complexity index is 710. The molecule has 1 unspecified atom stereocenters. The first-order chi connectivity index (χ1) is 9.91. The van der Waals surface area contributed by atoms with Crippen molar-refractivity contribution in [3.8, 4) is 0 Å². The van der Waals surface area contributed by atoms with Crippen LogP contribution in [0.4, 0.5) is 10.1 Å². The first-order valence-electron chi connectivity index (χ1n) is 6.87. The lowest BCUT2D eigenvalue weighted by Crippen LogP contribution is -2.27. The number of nitrogens with one attached hydrogen (secondary N) is 1. The number of benzene rings is 2. The van der Waals surface area contributed by atoms with Gasteiger partial charge in [0.25, 0.3) is 0 Å². The van der Waals surface area contributed by atoms with E-state index in [2.05, 4.69) is 5.32 Å². The van der Waals surface area contributed by atoms with E-state index >= 15 is 0 Å². The van der Waals surface area contributed by atoms with Crippen LogP contribution in [0.15, 0.2) is 42.5 Å². The average molecular weight is 284 g/mol. The third-order valence-corrected chi connectivity index (χ3v) is 4.11. The zero-order valence-corrected chi connectivity index (χ0v) is 12.0. The zero-order chi connectivity index (χ0) is 15.2. The number of nitrogens with two attached hydrogens (primary N) is 1. The third-order valence-electron chi connectivity index (χ3n) is 4.11. The van der Waals surface area contributed by atoms with Crippen molar-refractivity contribution in [1.82, 2.24) is 0 Å². The molecule has 1 heterocycles. The number of rotatable bonds is 2. The molecule has 0 fully saturated rings. The Morgan fingerprint density at radius 2 is 1.81 bits per heavy atom. The molecule has 1 atom stereocenters. The van der Waals surface area contributed by atoms with Crippen LogP contribution < -0.4 is 11.1 Å². The number of carbonyl (C=O) groups is 1. The lowest BCUT2D eigenvalue weighted by molar-refractivity contribution is -0.119. The van der Waals surface area contributed by atoms with Gasteiger partial charge in [-0.25, -0.2) is 4.39 Å². The van der Waals surface area contributed by atoms with E-state index in [4.69, 9.17) is 5.73 Å². The molecule has 4 heteroatoms. The van der Waals surface area contributed by atoms with E-state index in [-0.39, 0.29) is 11.6 Å². The van der Waals surface area contributed by atoms with E-state index in [9.17, 15) is 9.18 Å². The van der Waals surface area contributed by atoms with Gasteiger partial charge in [0.05, 0.1) is 17.1 Å². The van der Waals surface area contributed by atoms with Crippen molar-refractivity contribution in [3.63, 3.8) is 0 Å². The smallest absolute Gasteiger partial charge is 0.234 e. The maximum atomic E-state index is 14.3. The Morgan fingerprint density at radius 3 is 2.48 bits per heavy atom. The van der Waals surface area contributed by atoms with E-state index in [0.717, 1.165) is 5.56 Å². The van der Waals surface area contributed by atoms with Crippen molar-refractivity contribution in [2.24, 2.45) is 5.73 Å². The Kier molecular flexibility index (Phi) is 3.06. The molecule has 3 N–H and O–H groups in total. The first kappa shape index (κ1) is 13.8. The fourth-order valence-corrected chi connectivity index (χ4v) is 2.67. The zero-order valence-electron chi connectivity index (χ0n) is 12.0. The van der Waals surface area contributed by atoms with Crippen LogP contribution >= 0.6 is 0 Å². The van der Waals surface area contributed by atoms with Crippen LogP contribution in [0, 0.1) is 5.82 Å². The second-order valence-electron chi connectivity index (χ2n) is 5.89. The van der Waals surface area contributed by atoms with Crippen molar-refractivity contribution in [3.05, 3.63) is 65.0 Å². The number of hydrogen-bond acceptors (Lipinski definition) is 2. The van der Waals surface area contributed by atoms with Crippen LogP contribution in [-0.4, -0.2) is 5.91 Å². The fraction of sp³-hybridized carbons (Fsp3) is 0.235. The first-order valence-corrected chi connectivity index (χ1v) is 6.87. The number of hydrogen-bond donors (Lipinski definition) is 2. The van der Waals surface area contributed by atoms with E-state index < -0.39 is 17.3 Å². The van der Waals surface area contributed by atoms with Crippen LogP contribution in [0.3, 0.4) is 0 Å². The maximum Gasteiger partial charge on any atom is 0.234 e. The van der Waals surface area contributed by atoms with Gasteiger partial charge in [-0.05, 0) is 36.6 Å². The number of halogens is 1. The molecule has 1 aliphatic rings. The van der Waals surface area contributed by atoms with Crippen LogP contribution in [0.25, 0.3) is 0 Å². The second kappa shape index (κ2) is 4.67. The van der Waals surface area contributed by atoms with Gasteiger partial charge in [0, 0.05) is 0 Å². The normalized spacial score (nSPS) is 17.2. The van der Waals surface area contributed by atoms with Crippen molar-refractivity contribution in [2.75, 3.05) is 5.32 Å². The Hall–Kier alpha value is -2.20. The Balaban J connectivity index is 2.10.